The number of terminal acetylenes is 1. The number of hydrogen-bond donors (Lipinski definition) is 0. The van der Waals surface area contributed by atoms with Gasteiger partial charge in [-0.15, -0.1) is 6.42 Å². The first-order chi connectivity index (χ1) is 5.54. The molecule has 1 aliphatic heterocycles. The third-order valence-electron chi connectivity index (χ3n) is 2.20. The predicted octanol–water partition coefficient (Wildman–Crippen LogP) is 1.12. The van der Waals surface area contributed by atoms with Crippen LogP contribution < -0.4 is 0 Å². The zero-order valence-electron chi connectivity index (χ0n) is 8.13. The van der Waals surface area contributed by atoms with E-state index in [2.05, 4.69) is 31.6 Å². The Labute approximate surface area is 74.9 Å². The zero-order chi connectivity index (χ0) is 9.19. The molecule has 0 aliphatic carbocycles. The van der Waals surface area contributed by atoms with E-state index in [4.69, 9.17) is 11.2 Å². The molecule has 0 N–H and O–H groups in total. The van der Waals surface area contributed by atoms with Gasteiger partial charge in [-0.25, -0.2) is 0 Å². The number of ether oxygens (including phenoxy) is 1. The monoisotopic (exact) mass is 167 g/mol. The van der Waals surface area contributed by atoms with E-state index in [1.165, 1.54) is 0 Å². The van der Waals surface area contributed by atoms with Gasteiger partial charge < -0.3 is 4.74 Å². The third kappa shape index (κ3) is 2.23. The summed E-state index contributed by atoms with van der Waals surface area (Å²) in [6.45, 7) is 9.21. The Balaban J connectivity index is 2.53. The molecular weight excluding hydrogens is 150 g/mol. The van der Waals surface area contributed by atoms with Crippen LogP contribution in [0.15, 0.2) is 0 Å². The molecule has 0 unspecified atom stereocenters. The van der Waals surface area contributed by atoms with E-state index < -0.39 is 0 Å². The lowest BCUT2D eigenvalue weighted by Gasteiger charge is -2.40. The maximum Gasteiger partial charge on any atom is 0.130 e. The fraction of sp³-hybridized carbons (Fsp3) is 0.800. The minimum Gasteiger partial charge on any atom is -0.363 e. The highest BCUT2D eigenvalue weighted by Gasteiger charge is 2.27. The molecule has 0 radical (unpaired) electrons. The summed E-state index contributed by atoms with van der Waals surface area (Å²) in [4.78, 5) is 2.36. The van der Waals surface area contributed by atoms with Crippen LogP contribution >= 0.6 is 0 Å². The Morgan fingerprint density at radius 2 is 2.17 bits per heavy atom. The van der Waals surface area contributed by atoms with Crippen LogP contribution in [0.1, 0.15) is 20.8 Å². The third-order valence-corrected chi connectivity index (χ3v) is 2.20. The maximum absolute atomic E-state index is 5.37. The second-order valence-electron chi connectivity index (χ2n) is 4.14. The predicted molar refractivity (Wildman–Crippen MR) is 49.9 cm³/mol. The molecule has 2 heteroatoms. The van der Waals surface area contributed by atoms with E-state index in [0.717, 1.165) is 19.7 Å². The van der Waals surface area contributed by atoms with Crippen LogP contribution in [-0.4, -0.2) is 36.2 Å². The van der Waals surface area contributed by atoms with Crippen LogP contribution in [-0.2, 0) is 4.74 Å². The number of rotatable bonds is 0. The average molecular weight is 167 g/mol. The van der Waals surface area contributed by atoms with Gasteiger partial charge in [0.05, 0.1) is 6.61 Å². The largest absolute Gasteiger partial charge is 0.363 e. The molecule has 0 bridgehead atoms. The first-order valence-electron chi connectivity index (χ1n) is 4.37. The molecule has 2 nitrogen and oxygen atoms in total. The normalized spacial score (nSPS) is 26.7. The second kappa shape index (κ2) is 3.47. The van der Waals surface area contributed by atoms with Gasteiger partial charge in [0.2, 0.25) is 0 Å². The molecule has 1 saturated heterocycles. The van der Waals surface area contributed by atoms with Gasteiger partial charge in [0.25, 0.3) is 0 Å². The van der Waals surface area contributed by atoms with E-state index in [1.807, 2.05) is 0 Å². The zero-order valence-corrected chi connectivity index (χ0v) is 8.13. The van der Waals surface area contributed by atoms with Crippen molar-refractivity contribution in [3.05, 3.63) is 0 Å². The second-order valence-corrected chi connectivity index (χ2v) is 4.14. The summed E-state index contributed by atoms with van der Waals surface area (Å²) in [5, 5.41) is 0. The molecule has 1 fully saturated rings. The van der Waals surface area contributed by atoms with Gasteiger partial charge in [-0.05, 0) is 20.8 Å². The standard InChI is InChI=1S/C10H17NO/c1-5-9-8-11(6-7-12-9)10(2,3)4/h1,9H,6-8H2,2-4H3/t9-/m1/s1. The molecule has 12 heavy (non-hydrogen) atoms. The molecule has 0 spiro atoms. The molecule has 0 aromatic heterocycles. The Bertz CT molecular complexity index is 187. The first-order valence-corrected chi connectivity index (χ1v) is 4.37. The molecule has 0 aromatic rings. The number of nitrogens with zero attached hydrogens (tertiary/aromatic N) is 1. The average Bonchev–Trinajstić information content (AvgIpc) is 2.03. The lowest BCUT2D eigenvalue weighted by atomic mass is 10.0. The highest BCUT2D eigenvalue weighted by atomic mass is 16.5. The van der Waals surface area contributed by atoms with Crippen molar-refractivity contribution in [2.75, 3.05) is 19.7 Å². The highest BCUT2D eigenvalue weighted by molar-refractivity contribution is 4.99. The minimum absolute atomic E-state index is 0.0158. The van der Waals surface area contributed by atoms with Crippen LogP contribution in [0, 0.1) is 12.3 Å². The van der Waals surface area contributed by atoms with Crippen LogP contribution in [0.25, 0.3) is 0 Å². The van der Waals surface area contributed by atoms with Crippen molar-refractivity contribution in [2.45, 2.75) is 32.4 Å². The number of hydrogen-bond acceptors (Lipinski definition) is 2. The van der Waals surface area contributed by atoms with Crippen molar-refractivity contribution in [1.82, 2.24) is 4.90 Å². The molecule has 0 saturated carbocycles. The van der Waals surface area contributed by atoms with Gasteiger partial charge in [-0.2, -0.15) is 0 Å². The van der Waals surface area contributed by atoms with E-state index in [9.17, 15) is 0 Å². The molecule has 68 valence electrons. The fourth-order valence-electron chi connectivity index (χ4n) is 1.36. The molecule has 1 rings (SSSR count). The van der Waals surface area contributed by atoms with E-state index in [-0.39, 0.29) is 11.6 Å². The topological polar surface area (TPSA) is 12.5 Å². The van der Waals surface area contributed by atoms with Crippen molar-refractivity contribution in [2.24, 2.45) is 0 Å². The molecule has 1 aliphatic rings. The Hall–Kier alpha value is -0.520. The molecule has 1 atom stereocenters. The Kier molecular flexibility index (Phi) is 2.76. The summed E-state index contributed by atoms with van der Waals surface area (Å²) in [6.07, 6.45) is 5.29. The summed E-state index contributed by atoms with van der Waals surface area (Å²) >= 11 is 0. The first kappa shape index (κ1) is 9.57. The maximum atomic E-state index is 5.37. The van der Waals surface area contributed by atoms with Crippen molar-refractivity contribution in [1.29, 1.82) is 0 Å². The summed E-state index contributed by atoms with van der Waals surface area (Å²) in [5.74, 6) is 2.64. The SMILES string of the molecule is C#C[C@@H]1CN(C(C)(C)C)CCO1. The van der Waals surface area contributed by atoms with Crippen molar-refractivity contribution in [3.8, 4) is 12.3 Å². The van der Waals surface area contributed by atoms with Crippen LogP contribution in [0.4, 0.5) is 0 Å². The van der Waals surface area contributed by atoms with Gasteiger partial charge in [-0.3, -0.25) is 4.90 Å². The quantitative estimate of drug-likeness (QED) is 0.501. The van der Waals surface area contributed by atoms with Crippen molar-refractivity contribution < 1.29 is 4.74 Å². The smallest absolute Gasteiger partial charge is 0.130 e. The van der Waals surface area contributed by atoms with Crippen molar-refractivity contribution >= 4 is 0 Å². The summed E-state index contributed by atoms with van der Waals surface area (Å²) in [7, 11) is 0. The summed E-state index contributed by atoms with van der Waals surface area (Å²) in [6, 6.07) is 0. The summed E-state index contributed by atoms with van der Waals surface area (Å²) < 4.78 is 5.37. The fourth-order valence-corrected chi connectivity index (χ4v) is 1.36. The van der Waals surface area contributed by atoms with Gasteiger partial charge in [0.1, 0.15) is 6.10 Å². The van der Waals surface area contributed by atoms with E-state index in [0.29, 0.717) is 0 Å². The van der Waals surface area contributed by atoms with Crippen LogP contribution in [0.2, 0.25) is 0 Å². The lowest BCUT2D eigenvalue weighted by molar-refractivity contribution is -0.0332. The van der Waals surface area contributed by atoms with Crippen molar-refractivity contribution in [3.63, 3.8) is 0 Å². The molecule has 1 heterocycles. The van der Waals surface area contributed by atoms with Crippen LogP contribution in [0.3, 0.4) is 0 Å². The van der Waals surface area contributed by atoms with Crippen LogP contribution in [0.5, 0.6) is 0 Å². The molecular formula is C10H17NO. The molecule has 0 aromatic carbocycles. The van der Waals surface area contributed by atoms with E-state index in [1.54, 1.807) is 0 Å². The van der Waals surface area contributed by atoms with E-state index >= 15 is 0 Å². The summed E-state index contributed by atoms with van der Waals surface area (Å²) in [5.41, 5.74) is 0.207. The Morgan fingerprint density at radius 1 is 1.50 bits per heavy atom. The highest BCUT2D eigenvalue weighted by Crippen LogP contribution is 2.16. The van der Waals surface area contributed by atoms with Gasteiger partial charge in [-0.1, -0.05) is 5.92 Å². The lowest BCUT2D eigenvalue weighted by Crippen LogP contribution is -2.51. The number of morpholine rings is 1. The van der Waals surface area contributed by atoms with Gasteiger partial charge in [0.15, 0.2) is 0 Å². The van der Waals surface area contributed by atoms with Gasteiger partial charge >= 0.3 is 0 Å². The molecule has 0 amide bonds. The van der Waals surface area contributed by atoms with Gasteiger partial charge in [0, 0.05) is 18.6 Å². The minimum atomic E-state index is -0.0158. The Morgan fingerprint density at radius 3 is 2.67 bits per heavy atom.